The molecule has 0 atom stereocenters. The highest BCUT2D eigenvalue weighted by molar-refractivity contribution is 6.08. The third kappa shape index (κ3) is 3.25. The van der Waals surface area contributed by atoms with Gasteiger partial charge in [0.2, 0.25) is 0 Å². The van der Waals surface area contributed by atoms with Gasteiger partial charge in [0.25, 0.3) is 11.8 Å². The number of carbonyl (C=O) groups is 2. The third-order valence-electron chi connectivity index (χ3n) is 2.92. The molecular formula is C16H13N3O2. The van der Waals surface area contributed by atoms with Gasteiger partial charge in [-0.05, 0) is 36.4 Å². The molecule has 104 valence electrons. The first-order valence-corrected chi connectivity index (χ1v) is 6.28. The predicted molar refractivity (Wildman–Crippen MR) is 78.9 cm³/mol. The Bertz CT molecular complexity index is 715. The van der Waals surface area contributed by atoms with Crippen LogP contribution in [0, 0.1) is 11.3 Å². The van der Waals surface area contributed by atoms with Crippen molar-refractivity contribution >= 4 is 17.5 Å². The Labute approximate surface area is 122 Å². The Balaban J connectivity index is 2.23. The van der Waals surface area contributed by atoms with Crippen molar-refractivity contribution in [3.05, 3.63) is 65.2 Å². The summed E-state index contributed by atoms with van der Waals surface area (Å²) in [6.07, 6.45) is 0. The summed E-state index contributed by atoms with van der Waals surface area (Å²) >= 11 is 0. The highest BCUT2D eigenvalue weighted by atomic mass is 16.2. The van der Waals surface area contributed by atoms with Gasteiger partial charge in [-0.25, -0.2) is 0 Å². The van der Waals surface area contributed by atoms with Crippen LogP contribution in [-0.2, 0) is 0 Å². The van der Waals surface area contributed by atoms with E-state index in [1.54, 1.807) is 48.5 Å². The van der Waals surface area contributed by atoms with E-state index >= 15 is 0 Å². The van der Waals surface area contributed by atoms with E-state index in [-0.39, 0.29) is 11.8 Å². The van der Waals surface area contributed by atoms with E-state index in [0.717, 1.165) is 0 Å². The van der Waals surface area contributed by atoms with Gasteiger partial charge in [0.05, 0.1) is 22.9 Å². The van der Waals surface area contributed by atoms with Crippen LogP contribution in [-0.4, -0.2) is 18.9 Å². The molecule has 21 heavy (non-hydrogen) atoms. The van der Waals surface area contributed by atoms with Crippen molar-refractivity contribution in [2.45, 2.75) is 0 Å². The topological polar surface area (TPSA) is 82.0 Å². The summed E-state index contributed by atoms with van der Waals surface area (Å²) in [6.45, 7) is 0. The fraction of sp³-hybridized carbons (Fsp3) is 0.0625. The van der Waals surface area contributed by atoms with Crippen LogP contribution in [0.5, 0.6) is 0 Å². The van der Waals surface area contributed by atoms with E-state index in [1.165, 1.54) is 7.05 Å². The molecule has 0 heterocycles. The van der Waals surface area contributed by atoms with E-state index in [9.17, 15) is 9.59 Å². The number of benzene rings is 2. The van der Waals surface area contributed by atoms with Gasteiger partial charge in [-0.15, -0.1) is 0 Å². The first-order chi connectivity index (χ1) is 10.2. The molecule has 2 aromatic carbocycles. The molecule has 0 bridgehead atoms. The SMILES string of the molecule is CNC(=O)c1ccccc1NC(=O)c1ccc(C#N)cc1. The van der Waals surface area contributed by atoms with Crippen molar-refractivity contribution < 1.29 is 9.59 Å². The number of rotatable bonds is 3. The van der Waals surface area contributed by atoms with Crippen LogP contribution in [0.2, 0.25) is 0 Å². The van der Waals surface area contributed by atoms with Crippen molar-refractivity contribution in [2.75, 3.05) is 12.4 Å². The van der Waals surface area contributed by atoms with Crippen molar-refractivity contribution in [3.8, 4) is 6.07 Å². The van der Waals surface area contributed by atoms with Gasteiger partial charge in [0, 0.05) is 12.6 Å². The van der Waals surface area contributed by atoms with Crippen molar-refractivity contribution in [1.82, 2.24) is 5.32 Å². The van der Waals surface area contributed by atoms with Gasteiger partial charge in [-0.2, -0.15) is 5.26 Å². The molecule has 0 fully saturated rings. The van der Waals surface area contributed by atoms with Crippen LogP contribution in [0.25, 0.3) is 0 Å². The monoisotopic (exact) mass is 279 g/mol. The average Bonchev–Trinajstić information content (AvgIpc) is 2.54. The molecule has 0 aliphatic carbocycles. The Kier molecular flexibility index (Phi) is 4.32. The quantitative estimate of drug-likeness (QED) is 0.903. The molecule has 0 aliphatic rings. The molecule has 0 aromatic heterocycles. The molecular weight excluding hydrogens is 266 g/mol. The molecule has 0 aliphatic heterocycles. The number of nitriles is 1. The van der Waals surface area contributed by atoms with Crippen LogP contribution < -0.4 is 10.6 Å². The molecule has 5 heteroatoms. The Morgan fingerprint density at radius 2 is 1.67 bits per heavy atom. The number of amides is 2. The van der Waals surface area contributed by atoms with Gasteiger partial charge in [0.1, 0.15) is 0 Å². The number of hydrogen-bond donors (Lipinski definition) is 2. The summed E-state index contributed by atoms with van der Waals surface area (Å²) in [6, 6.07) is 15.0. The fourth-order valence-electron chi connectivity index (χ4n) is 1.82. The third-order valence-corrected chi connectivity index (χ3v) is 2.92. The highest BCUT2D eigenvalue weighted by Gasteiger charge is 2.12. The van der Waals surface area contributed by atoms with Crippen molar-refractivity contribution in [2.24, 2.45) is 0 Å². The minimum Gasteiger partial charge on any atom is -0.355 e. The molecule has 2 N–H and O–H groups in total. The van der Waals surface area contributed by atoms with E-state index in [2.05, 4.69) is 10.6 Å². The summed E-state index contributed by atoms with van der Waals surface area (Å²) < 4.78 is 0. The zero-order valence-electron chi connectivity index (χ0n) is 11.4. The maximum Gasteiger partial charge on any atom is 0.255 e. The second-order valence-corrected chi connectivity index (χ2v) is 4.27. The number of carbonyl (C=O) groups excluding carboxylic acids is 2. The van der Waals surface area contributed by atoms with Crippen LogP contribution >= 0.6 is 0 Å². The predicted octanol–water partition coefficient (Wildman–Crippen LogP) is 2.17. The van der Waals surface area contributed by atoms with E-state index in [1.807, 2.05) is 6.07 Å². The normalized spacial score (nSPS) is 9.52. The molecule has 2 aromatic rings. The minimum absolute atomic E-state index is 0.272. The Hall–Kier alpha value is -3.13. The maximum atomic E-state index is 12.2. The summed E-state index contributed by atoms with van der Waals surface area (Å²) in [5, 5.41) is 14.0. The lowest BCUT2D eigenvalue weighted by Gasteiger charge is -2.10. The second kappa shape index (κ2) is 6.35. The number of para-hydroxylation sites is 1. The number of anilines is 1. The second-order valence-electron chi connectivity index (χ2n) is 4.27. The number of nitrogens with one attached hydrogen (secondary N) is 2. The van der Waals surface area contributed by atoms with Crippen LogP contribution in [0.1, 0.15) is 26.3 Å². The highest BCUT2D eigenvalue weighted by Crippen LogP contribution is 2.16. The molecule has 0 unspecified atom stereocenters. The van der Waals surface area contributed by atoms with Gasteiger partial charge in [0.15, 0.2) is 0 Å². The van der Waals surface area contributed by atoms with Crippen LogP contribution in [0.4, 0.5) is 5.69 Å². The van der Waals surface area contributed by atoms with E-state index in [0.29, 0.717) is 22.4 Å². The molecule has 2 rings (SSSR count). The van der Waals surface area contributed by atoms with Crippen molar-refractivity contribution in [1.29, 1.82) is 5.26 Å². The zero-order chi connectivity index (χ0) is 15.2. The van der Waals surface area contributed by atoms with Crippen LogP contribution in [0.15, 0.2) is 48.5 Å². The molecule has 0 radical (unpaired) electrons. The smallest absolute Gasteiger partial charge is 0.255 e. The number of nitrogens with zero attached hydrogens (tertiary/aromatic N) is 1. The minimum atomic E-state index is -0.337. The summed E-state index contributed by atoms with van der Waals surface area (Å²) in [5.74, 6) is -0.610. The largest absolute Gasteiger partial charge is 0.355 e. The fourth-order valence-corrected chi connectivity index (χ4v) is 1.82. The molecule has 0 saturated carbocycles. The van der Waals surface area contributed by atoms with Crippen LogP contribution in [0.3, 0.4) is 0 Å². The molecule has 0 spiro atoms. The first-order valence-electron chi connectivity index (χ1n) is 6.28. The van der Waals surface area contributed by atoms with Gasteiger partial charge < -0.3 is 10.6 Å². The lowest BCUT2D eigenvalue weighted by Crippen LogP contribution is -2.21. The molecule has 0 saturated heterocycles. The zero-order valence-corrected chi connectivity index (χ0v) is 11.4. The summed E-state index contributed by atoms with van der Waals surface area (Å²) in [5.41, 5.74) is 1.73. The Morgan fingerprint density at radius 3 is 2.29 bits per heavy atom. The Morgan fingerprint density at radius 1 is 1.00 bits per heavy atom. The number of hydrogen-bond acceptors (Lipinski definition) is 3. The summed E-state index contributed by atoms with van der Waals surface area (Å²) in [4.78, 5) is 23.9. The van der Waals surface area contributed by atoms with Gasteiger partial charge in [-0.3, -0.25) is 9.59 Å². The summed E-state index contributed by atoms with van der Waals surface area (Å²) in [7, 11) is 1.53. The van der Waals surface area contributed by atoms with Gasteiger partial charge in [-0.1, -0.05) is 12.1 Å². The van der Waals surface area contributed by atoms with Gasteiger partial charge >= 0.3 is 0 Å². The van der Waals surface area contributed by atoms with Crippen molar-refractivity contribution in [3.63, 3.8) is 0 Å². The lowest BCUT2D eigenvalue weighted by molar-refractivity contribution is 0.0964. The van der Waals surface area contributed by atoms with E-state index in [4.69, 9.17) is 5.26 Å². The van der Waals surface area contributed by atoms with E-state index < -0.39 is 0 Å². The molecule has 5 nitrogen and oxygen atoms in total. The lowest BCUT2D eigenvalue weighted by atomic mass is 10.1. The standard InChI is InChI=1S/C16H13N3O2/c1-18-16(21)13-4-2-3-5-14(13)19-15(20)12-8-6-11(10-17)7-9-12/h2-9H,1H3,(H,18,21)(H,19,20). The average molecular weight is 279 g/mol. The first kappa shape index (κ1) is 14.3. The maximum absolute atomic E-state index is 12.2. The molecule has 2 amide bonds.